The van der Waals surface area contributed by atoms with E-state index in [0.717, 1.165) is 38.8 Å². The summed E-state index contributed by atoms with van der Waals surface area (Å²) in [7, 11) is 0. The molecule has 1 saturated carbocycles. The number of guanidine groups is 1. The van der Waals surface area contributed by atoms with Crippen molar-refractivity contribution in [3.05, 3.63) is 29.8 Å². The highest BCUT2D eigenvalue weighted by Gasteiger charge is 2.22. The van der Waals surface area contributed by atoms with Crippen LogP contribution in [0.25, 0.3) is 0 Å². The molecule has 0 spiro atoms. The Bertz CT molecular complexity index is 496. The van der Waals surface area contributed by atoms with Gasteiger partial charge in [-0.3, -0.25) is 0 Å². The average molecular weight is 430 g/mol. The third kappa shape index (κ3) is 5.84. The van der Waals surface area contributed by atoms with Crippen LogP contribution in [-0.4, -0.2) is 44.8 Å². The number of rotatable bonds is 5. The van der Waals surface area contributed by atoms with Crippen LogP contribution < -0.4 is 15.5 Å². The van der Waals surface area contributed by atoms with Crippen molar-refractivity contribution in [1.29, 1.82) is 0 Å². The minimum Gasteiger partial charge on any atom is -0.378 e. The van der Waals surface area contributed by atoms with Gasteiger partial charge in [0.1, 0.15) is 0 Å². The average Bonchev–Trinajstić information content (AvgIpc) is 3.38. The van der Waals surface area contributed by atoms with Crippen molar-refractivity contribution in [2.24, 2.45) is 4.99 Å². The summed E-state index contributed by atoms with van der Waals surface area (Å²) in [5.41, 5.74) is 2.52. The summed E-state index contributed by atoms with van der Waals surface area (Å²) in [5, 5.41) is 6.75. The number of aliphatic imine (C=N–C) groups is 1. The zero-order valence-corrected chi connectivity index (χ0v) is 16.1. The molecule has 1 aliphatic heterocycles. The molecule has 1 heterocycles. The molecule has 6 heteroatoms. The fourth-order valence-electron chi connectivity index (χ4n) is 2.55. The SMILES string of the molecule is CCNC(=NCc1ccc(N2CCOCC2)cc1)NC1CC1.I. The molecular formula is C17H27IN4O. The van der Waals surface area contributed by atoms with Crippen molar-refractivity contribution in [3.8, 4) is 0 Å². The van der Waals surface area contributed by atoms with Crippen molar-refractivity contribution in [2.45, 2.75) is 32.4 Å². The minimum absolute atomic E-state index is 0. The third-order valence-electron chi connectivity index (χ3n) is 3.99. The predicted octanol–water partition coefficient (Wildman–Crippen LogP) is 2.36. The Morgan fingerprint density at radius 2 is 1.91 bits per heavy atom. The summed E-state index contributed by atoms with van der Waals surface area (Å²) in [4.78, 5) is 7.04. The van der Waals surface area contributed by atoms with Crippen LogP contribution in [0.15, 0.2) is 29.3 Å². The van der Waals surface area contributed by atoms with Gasteiger partial charge < -0.3 is 20.3 Å². The van der Waals surface area contributed by atoms with E-state index in [1.54, 1.807) is 0 Å². The lowest BCUT2D eigenvalue weighted by Gasteiger charge is -2.28. The fraction of sp³-hybridized carbons (Fsp3) is 0.588. The van der Waals surface area contributed by atoms with Crippen molar-refractivity contribution < 1.29 is 4.74 Å². The van der Waals surface area contributed by atoms with E-state index in [1.165, 1.54) is 24.1 Å². The summed E-state index contributed by atoms with van der Waals surface area (Å²) < 4.78 is 5.40. The monoisotopic (exact) mass is 430 g/mol. The maximum Gasteiger partial charge on any atom is 0.191 e. The van der Waals surface area contributed by atoms with Crippen molar-refractivity contribution in [1.82, 2.24) is 10.6 Å². The van der Waals surface area contributed by atoms with Crippen LogP contribution in [0.2, 0.25) is 0 Å². The zero-order valence-electron chi connectivity index (χ0n) is 13.8. The van der Waals surface area contributed by atoms with E-state index in [4.69, 9.17) is 4.74 Å². The fourth-order valence-corrected chi connectivity index (χ4v) is 2.55. The second-order valence-electron chi connectivity index (χ2n) is 5.88. The van der Waals surface area contributed by atoms with Gasteiger partial charge in [-0.2, -0.15) is 0 Å². The molecule has 0 atom stereocenters. The maximum absolute atomic E-state index is 5.40. The predicted molar refractivity (Wildman–Crippen MR) is 106 cm³/mol. The van der Waals surface area contributed by atoms with Gasteiger partial charge in [0.2, 0.25) is 0 Å². The van der Waals surface area contributed by atoms with Gasteiger partial charge in [0.05, 0.1) is 19.8 Å². The summed E-state index contributed by atoms with van der Waals surface area (Å²) in [6.45, 7) is 7.32. The highest BCUT2D eigenvalue weighted by atomic mass is 127. The van der Waals surface area contributed by atoms with Crippen molar-refractivity contribution >= 4 is 35.6 Å². The lowest BCUT2D eigenvalue weighted by molar-refractivity contribution is 0.122. The van der Waals surface area contributed by atoms with Crippen LogP contribution >= 0.6 is 24.0 Å². The number of nitrogens with one attached hydrogen (secondary N) is 2. The molecule has 128 valence electrons. The van der Waals surface area contributed by atoms with Gasteiger partial charge in [-0.05, 0) is 37.5 Å². The second kappa shape index (κ2) is 9.32. The Kier molecular flexibility index (Phi) is 7.42. The molecule has 1 saturated heterocycles. The highest BCUT2D eigenvalue weighted by Crippen LogP contribution is 2.19. The number of hydrogen-bond donors (Lipinski definition) is 2. The molecule has 23 heavy (non-hydrogen) atoms. The molecule has 2 N–H and O–H groups in total. The Hall–Kier alpha value is -1.02. The Labute approximate surface area is 155 Å². The largest absolute Gasteiger partial charge is 0.378 e. The van der Waals surface area contributed by atoms with E-state index >= 15 is 0 Å². The normalized spacial score (nSPS) is 18.3. The quantitative estimate of drug-likeness (QED) is 0.428. The molecule has 0 amide bonds. The molecule has 0 bridgehead atoms. The van der Waals surface area contributed by atoms with Crippen LogP contribution in [-0.2, 0) is 11.3 Å². The maximum atomic E-state index is 5.40. The summed E-state index contributed by atoms with van der Waals surface area (Å²) >= 11 is 0. The molecule has 0 unspecified atom stereocenters. The molecule has 1 aromatic rings. The number of hydrogen-bond acceptors (Lipinski definition) is 3. The van der Waals surface area contributed by atoms with E-state index in [9.17, 15) is 0 Å². The first-order valence-electron chi connectivity index (χ1n) is 8.31. The first-order chi connectivity index (χ1) is 10.8. The lowest BCUT2D eigenvalue weighted by Crippen LogP contribution is -2.38. The lowest BCUT2D eigenvalue weighted by atomic mass is 10.2. The number of halogens is 1. The number of anilines is 1. The number of nitrogens with zero attached hydrogens (tertiary/aromatic N) is 2. The molecule has 1 aliphatic carbocycles. The highest BCUT2D eigenvalue weighted by molar-refractivity contribution is 14.0. The van der Waals surface area contributed by atoms with Gasteiger partial charge >= 0.3 is 0 Å². The molecule has 2 fully saturated rings. The summed E-state index contributed by atoms with van der Waals surface area (Å²) in [5.74, 6) is 0.933. The number of morpholine rings is 1. The van der Waals surface area contributed by atoms with E-state index in [2.05, 4.69) is 51.7 Å². The van der Waals surface area contributed by atoms with Crippen LogP contribution in [0.3, 0.4) is 0 Å². The van der Waals surface area contributed by atoms with Crippen LogP contribution in [0, 0.1) is 0 Å². The number of benzene rings is 1. The minimum atomic E-state index is 0. The van der Waals surface area contributed by atoms with Gasteiger partial charge in [-0.25, -0.2) is 4.99 Å². The molecule has 5 nitrogen and oxygen atoms in total. The first-order valence-corrected chi connectivity index (χ1v) is 8.31. The standard InChI is InChI=1S/C17H26N4O.HI/c1-2-18-17(20-15-5-6-15)19-13-14-3-7-16(8-4-14)21-9-11-22-12-10-21;/h3-4,7-8,15H,2,5-6,9-13H2,1H3,(H2,18,19,20);1H. The van der Waals surface area contributed by atoms with Gasteiger partial charge in [-0.15, -0.1) is 24.0 Å². The zero-order chi connectivity index (χ0) is 15.2. The van der Waals surface area contributed by atoms with Gasteiger partial charge in [0.25, 0.3) is 0 Å². The van der Waals surface area contributed by atoms with Gasteiger partial charge in [-0.1, -0.05) is 12.1 Å². The second-order valence-corrected chi connectivity index (χ2v) is 5.88. The first kappa shape index (κ1) is 18.3. The summed E-state index contributed by atoms with van der Waals surface area (Å²) in [6.07, 6.45) is 2.53. The van der Waals surface area contributed by atoms with Crippen LogP contribution in [0.5, 0.6) is 0 Å². The Balaban J connectivity index is 0.00000192. The molecule has 0 aromatic heterocycles. The van der Waals surface area contributed by atoms with E-state index in [-0.39, 0.29) is 24.0 Å². The number of ether oxygens (including phenoxy) is 1. The van der Waals surface area contributed by atoms with E-state index in [0.29, 0.717) is 12.6 Å². The Morgan fingerprint density at radius 1 is 1.22 bits per heavy atom. The topological polar surface area (TPSA) is 48.9 Å². The molecule has 3 rings (SSSR count). The van der Waals surface area contributed by atoms with Crippen LogP contribution in [0.1, 0.15) is 25.3 Å². The molecule has 1 aromatic carbocycles. The van der Waals surface area contributed by atoms with Crippen LogP contribution in [0.4, 0.5) is 5.69 Å². The van der Waals surface area contributed by atoms with Gasteiger partial charge in [0.15, 0.2) is 5.96 Å². The van der Waals surface area contributed by atoms with E-state index in [1.807, 2.05) is 0 Å². The van der Waals surface area contributed by atoms with E-state index < -0.39 is 0 Å². The molecular weight excluding hydrogens is 403 g/mol. The van der Waals surface area contributed by atoms with Gasteiger partial charge in [0, 0.05) is 31.4 Å². The molecule has 2 aliphatic rings. The molecule has 0 radical (unpaired) electrons. The summed E-state index contributed by atoms with van der Waals surface area (Å²) in [6, 6.07) is 9.36. The Morgan fingerprint density at radius 3 is 2.52 bits per heavy atom. The van der Waals surface area contributed by atoms with Crippen molar-refractivity contribution in [2.75, 3.05) is 37.7 Å². The third-order valence-corrected chi connectivity index (χ3v) is 3.99. The van der Waals surface area contributed by atoms with Crippen molar-refractivity contribution in [3.63, 3.8) is 0 Å². The smallest absolute Gasteiger partial charge is 0.191 e.